The lowest BCUT2D eigenvalue weighted by Crippen LogP contribution is -2.20. The van der Waals surface area contributed by atoms with Crippen LogP contribution < -0.4 is 20.1 Å². The summed E-state index contributed by atoms with van der Waals surface area (Å²) in [6.07, 6.45) is 1.52. The molecule has 27 heavy (non-hydrogen) atoms. The monoisotopic (exact) mass is 367 g/mol. The van der Waals surface area contributed by atoms with E-state index in [0.717, 1.165) is 0 Å². The van der Waals surface area contributed by atoms with Crippen LogP contribution in [0, 0.1) is 5.82 Å². The zero-order valence-electron chi connectivity index (χ0n) is 14.6. The standard InChI is InChI=1S/C20H18FN3O3/c1-26-17-4-2-3-5-18(17)27-13-20(25)24-16-10-11-19(22-12-16)23-15-8-6-14(21)7-9-15/h2-12H,13H2,1H3,(H,22,23)(H,24,25). The smallest absolute Gasteiger partial charge is 0.262 e. The fourth-order valence-corrected chi connectivity index (χ4v) is 2.30. The van der Waals surface area contributed by atoms with Crippen LogP contribution in [0.3, 0.4) is 0 Å². The highest BCUT2D eigenvalue weighted by Gasteiger charge is 2.07. The summed E-state index contributed by atoms with van der Waals surface area (Å²) >= 11 is 0. The Labute approximate surface area is 156 Å². The molecule has 7 heteroatoms. The van der Waals surface area contributed by atoms with Crippen molar-refractivity contribution < 1.29 is 18.7 Å². The van der Waals surface area contributed by atoms with Crippen molar-refractivity contribution >= 4 is 23.1 Å². The van der Waals surface area contributed by atoms with Crippen molar-refractivity contribution in [2.75, 3.05) is 24.4 Å². The number of rotatable bonds is 7. The predicted octanol–water partition coefficient (Wildman–Crippen LogP) is 3.99. The van der Waals surface area contributed by atoms with Crippen LogP contribution in [-0.2, 0) is 4.79 Å². The normalized spacial score (nSPS) is 10.1. The van der Waals surface area contributed by atoms with Gasteiger partial charge in [-0.2, -0.15) is 0 Å². The lowest BCUT2D eigenvalue weighted by Gasteiger charge is -2.11. The number of carbonyl (C=O) groups excluding carboxylic acids is 1. The number of halogens is 1. The number of hydrogen-bond acceptors (Lipinski definition) is 5. The third kappa shape index (κ3) is 5.18. The van der Waals surface area contributed by atoms with E-state index in [2.05, 4.69) is 15.6 Å². The molecule has 0 bridgehead atoms. The third-order valence-corrected chi connectivity index (χ3v) is 3.59. The number of methoxy groups -OCH3 is 1. The van der Waals surface area contributed by atoms with Crippen molar-refractivity contribution in [1.29, 1.82) is 0 Å². The van der Waals surface area contributed by atoms with Crippen LogP contribution in [-0.4, -0.2) is 24.6 Å². The molecule has 0 aliphatic carbocycles. The Morgan fingerprint density at radius 2 is 1.70 bits per heavy atom. The number of aromatic nitrogens is 1. The first kappa shape index (κ1) is 18.2. The Balaban J connectivity index is 1.53. The molecular weight excluding hydrogens is 349 g/mol. The van der Waals surface area contributed by atoms with Crippen molar-refractivity contribution in [1.82, 2.24) is 4.98 Å². The molecule has 2 aromatic carbocycles. The summed E-state index contributed by atoms with van der Waals surface area (Å²) in [4.78, 5) is 16.3. The molecule has 0 atom stereocenters. The molecule has 0 unspecified atom stereocenters. The maximum atomic E-state index is 12.9. The maximum Gasteiger partial charge on any atom is 0.262 e. The van der Waals surface area contributed by atoms with Gasteiger partial charge in [0, 0.05) is 5.69 Å². The van der Waals surface area contributed by atoms with Gasteiger partial charge in [-0.25, -0.2) is 9.37 Å². The quantitative estimate of drug-likeness (QED) is 0.661. The summed E-state index contributed by atoms with van der Waals surface area (Å²) in [5.41, 5.74) is 1.25. The van der Waals surface area contributed by atoms with Gasteiger partial charge in [-0.3, -0.25) is 4.79 Å². The van der Waals surface area contributed by atoms with Crippen LogP contribution >= 0.6 is 0 Å². The Morgan fingerprint density at radius 3 is 2.37 bits per heavy atom. The molecule has 0 saturated heterocycles. The number of hydrogen-bond donors (Lipinski definition) is 2. The first-order valence-electron chi connectivity index (χ1n) is 8.18. The number of ether oxygens (including phenoxy) is 2. The van der Waals surface area contributed by atoms with E-state index in [-0.39, 0.29) is 18.3 Å². The third-order valence-electron chi connectivity index (χ3n) is 3.59. The Morgan fingerprint density at radius 1 is 1.00 bits per heavy atom. The van der Waals surface area contributed by atoms with Gasteiger partial charge in [-0.15, -0.1) is 0 Å². The van der Waals surface area contributed by atoms with E-state index < -0.39 is 0 Å². The first-order valence-corrected chi connectivity index (χ1v) is 8.18. The molecule has 3 rings (SSSR count). The molecule has 0 fully saturated rings. The number of benzene rings is 2. The molecule has 1 aromatic heterocycles. The minimum atomic E-state index is -0.318. The number of nitrogens with zero attached hydrogens (tertiary/aromatic N) is 1. The van der Waals surface area contributed by atoms with Crippen LogP contribution in [0.25, 0.3) is 0 Å². The second kappa shape index (κ2) is 8.66. The average molecular weight is 367 g/mol. The minimum Gasteiger partial charge on any atom is -0.493 e. The van der Waals surface area contributed by atoms with Gasteiger partial charge in [0.15, 0.2) is 18.1 Å². The van der Waals surface area contributed by atoms with Crippen LogP contribution in [0.15, 0.2) is 66.9 Å². The summed E-state index contributed by atoms with van der Waals surface area (Å²) in [6.45, 7) is -0.157. The van der Waals surface area contributed by atoms with Gasteiger partial charge in [0.1, 0.15) is 11.6 Å². The summed E-state index contributed by atoms with van der Waals surface area (Å²) in [7, 11) is 1.54. The van der Waals surface area contributed by atoms with Crippen molar-refractivity contribution in [3.8, 4) is 11.5 Å². The highest BCUT2D eigenvalue weighted by Crippen LogP contribution is 2.25. The Hall–Kier alpha value is -3.61. The highest BCUT2D eigenvalue weighted by atomic mass is 19.1. The number of anilines is 3. The molecule has 2 N–H and O–H groups in total. The number of para-hydroxylation sites is 2. The van der Waals surface area contributed by atoms with E-state index in [1.807, 2.05) is 6.07 Å². The van der Waals surface area contributed by atoms with Crippen LogP contribution in [0.5, 0.6) is 11.5 Å². The molecule has 6 nitrogen and oxygen atoms in total. The van der Waals surface area contributed by atoms with Crippen LogP contribution in [0.1, 0.15) is 0 Å². The molecule has 1 amide bonds. The van der Waals surface area contributed by atoms with Gasteiger partial charge in [-0.1, -0.05) is 12.1 Å². The lowest BCUT2D eigenvalue weighted by atomic mass is 10.3. The molecule has 1 heterocycles. The highest BCUT2D eigenvalue weighted by molar-refractivity contribution is 5.91. The second-order valence-electron chi connectivity index (χ2n) is 5.55. The van der Waals surface area contributed by atoms with Gasteiger partial charge >= 0.3 is 0 Å². The van der Waals surface area contributed by atoms with E-state index in [1.54, 1.807) is 42.5 Å². The predicted molar refractivity (Wildman–Crippen MR) is 101 cm³/mol. The van der Waals surface area contributed by atoms with Gasteiger partial charge in [0.05, 0.1) is 19.0 Å². The topological polar surface area (TPSA) is 72.5 Å². The average Bonchev–Trinajstić information content (AvgIpc) is 2.70. The fraction of sp³-hybridized carbons (Fsp3) is 0.100. The van der Waals surface area contributed by atoms with Gasteiger partial charge < -0.3 is 20.1 Å². The number of carbonyl (C=O) groups is 1. The lowest BCUT2D eigenvalue weighted by molar-refractivity contribution is -0.118. The molecule has 0 aliphatic rings. The van der Waals surface area contributed by atoms with Gasteiger partial charge in [-0.05, 0) is 48.5 Å². The summed E-state index contributed by atoms with van der Waals surface area (Å²) < 4.78 is 23.6. The van der Waals surface area contributed by atoms with Crippen molar-refractivity contribution in [3.63, 3.8) is 0 Å². The van der Waals surface area contributed by atoms with E-state index in [9.17, 15) is 9.18 Å². The number of nitrogens with one attached hydrogen (secondary N) is 2. The van der Waals surface area contributed by atoms with Crippen LogP contribution in [0.4, 0.5) is 21.6 Å². The zero-order chi connectivity index (χ0) is 19.1. The second-order valence-corrected chi connectivity index (χ2v) is 5.55. The Kier molecular flexibility index (Phi) is 5.84. The van der Waals surface area contributed by atoms with Crippen molar-refractivity contribution in [2.45, 2.75) is 0 Å². The summed E-state index contributed by atoms with van der Waals surface area (Å²) in [5, 5.41) is 5.75. The van der Waals surface area contributed by atoms with E-state index in [1.165, 1.54) is 25.4 Å². The van der Waals surface area contributed by atoms with E-state index in [0.29, 0.717) is 28.7 Å². The SMILES string of the molecule is COc1ccccc1OCC(=O)Nc1ccc(Nc2ccc(F)cc2)nc1. The molecule has 0 aliphatic heterocycles. The maximum absolute atomic E-state index is 12.9. The van der Waals surface area contributed by atoms with E-state index >= 15 is 0 Å². The van der Waals surface area contributed by atoms with Gasteiger partial charge in [0.2, 0.25) is 0 Å². The molecule has 0 spiro atoms. The molecule has 0 radical (unpaired) electrons. The van der Waals surface area contributed by atoms with Crippen molar-refractivity contribution in [2.24, 2.45) is 0 Å². The molecular formula is C20H18FN3O3. The fourth-order valence-electron chi connectivity index (χ4n) is 2.30. The summed E-state index contributed by atoms with van der Waals surface area (Å²) in [5.74, 6) is 1.00. The molecule has 138 valence electrons. The zero-order valence-corrected chi connectivity index (χ0v) is 14.6. The van der Waals surface area contributed by atoms with Crippen molar-refractivity contribution in [3.05, 3.63) is 72.7 Å². The van der Waals surface area contributed by atoms with E-state index in [4.69, 9.17) is 9.47 Å². The largest absolute Gasteiger partial charge is 0.493 e. The molecule has 0 saturated carbocycles. The Bertz CT molecular complexity index is 899. The number of pyridine rings is 1. The molecule has 3 aromatic rings. The van der Waals surface area contributed by atoms with Gasteiger partial charge in [0.25, 0.3) is 5.91 Å². The summed E-state index contributed by atoms with van der Waals surface area (Å²) in [6, 6.07) is 16.5. The minimum absolute atomic E-state index is 0.157. The number of amides is 1. The first-order chi connectivity index (χ1) is 13.1. The van der Waals surface area contributed by atoms with Crippen LogP contribution in [0.2, 0.25) is 0 Å².